The molecule has 0 spiro atoms. The van der Waals surface area contributed by atoms with Crippen molar-refractivity contribution in [3.8, 4) is 0 Å². The van der Waals surface area contributed by atoms with Gasteiger partial charge in [-0.05, 0) is 12.5 Å². The van der Waals surface area contributed by atoms with E-state index in [-0.39, 0.29) is 5.69 Å². The van der Waals surface area contributed by atoms with Crippen LogP contribution in [-0.2, 0) is 11.3 Å². The summed E-state index contributed by atoms with van der Waals surface area (Å²) < 4.78 is 5.59. The Morgan fingerprint density at radius 1 is 1.24 bits per heavy atom. The number of nitrogens with two attached hydrogens (primary N) is 1. The summed E-state index contributed by atoms with van der Waals surface area (Å²) in [6.07, 6.45) is 7.24. The van der Waals surface area contributed by atoms with Gasteiger partial charge in [-0.2, -0.15) is 0 Å². The molecular formula is C15H25N3O3. The van der Waals surface area contributed by atoms with E-state index in [4.69, 9.17) is 10.6 Å². The summed E-state index contributed by atoms with van der Waals surface area (Å²) in [5, 5.41) is 10.8. The Kier molecular flexibility index (Phi) is 8.38. The van der Waals surface area contributed by atoms with Gasteiger partial charge < -0.3 is 10.2 Å². The van der Waals surface area contributed by atoms with Crippen LogP contribution in [0.3, 0.4) is 0 Å². The van der Waals surface area contributed by atoms with E-state index < -0.39 is 4.92 Å². The number of non-ortho nitro benzene ring substituents is 1. The molecule has 0 aliphatic carbocycles. The average Bonchev–Trinajstić information content (AvgIpc) is 2.49. The van der Waals surface area contributed by atoms with Crippen LogP contribution in [-0.4, -0.2) is 11.5 Å². The number of ether oxygens (including phenoxy) is 1. The summed E-state index contributed by atoms with van der Waals surface area (Å²) >= 11 is 0. The highest BCUT2D eigenvalue weighted by molar-refractivity contribution is 5.55. The quantitative estimate of drug-likeness (QED) is 0.281. The summed E-state index contributed by atoms with van der Waals surface area (Å²) in [4.78, 5) is 10.3. The van der Waals surface area contributed by atoms with Gasteiger partial charge in [0.2, 0.25) is 0 Å². The van der Waals surface area contributed by atoms with Crippen LogP contribution in [0, 0.1) is 10.1 Å². The zero-order valence-electron chi connectivity index (χ0n) is 12.6. The lowest BCUT2D eigenvalue weighted by Crippen LogP contribution is -2.10. The molecule has 0 bridgehead atoms. The highest BCUT2D eigenvalue weighted by Crippen LogP contribution is 2.22. The molecule has 6 nitrogen and oxygen atoms in total. The number of benzene rings is 1. The molecule has 1 rings (SSSR count). The van der Waals surface area contributed by atoms with Crippen molar-refractivity contribution >= 4 is 11.4 Å². The minimum Gasteiger partial charge on any atom is -0.377 e. The topological polar surface area (TPSA) is 90.4 Å². The maximum Gasteiger partial charge on any atom is 0.269 e. The second-order valence-electron chi connectivity index (χ2n) is 5.06. The highest BCUT2D eigenvalue weighted by atomic mass is 16.6. The fourth-order valence-electron chi connectivity index (χ4n) is 2.12. The molecule has 0 heterocycles. The molecule has 0 aliphatic rings. The van der Waals surface area contributed by atoms with Gasteiger partial charge in [0.1, 0.15) is 0 Å². The normalized spacial score (nSPS) is 10.6. The molecular weight excluding hydrogens is 270 g/mol. The van der Waals surface area contributed by atoms with Gasteiger partial charge >= 0.3 is 0 Å². The van der Waals surface area contributed by atoms with Crippen LogP contribution in [0.25, 0.3) is 0 Å². The van der Waals surface area contributed by atoms with Crippen molar-refractivity contribution in [3.63, 3.8) is 0 Å². The van der Waals surface area contributed by atoms with Gasteiger partial charge in [0.05, 0.1) is 17.2 Å². The third-order valence-corrected chi connectivity index (χ3v) is 3.35. The van der Waals surface area contributed by atoms with Gasteiger partial charge in [0.15, 0.2) is 0 Å². The molecule has 0 fully saturated rings. The number of hydrogen-bond acceptors (Lipinski definition) is 5. The number of hydrazine groups is 1. The van der Waals surface area contributed by atoms with Crippen LogP contribution < -0.4 is 11.3 Å². The molecule has 1 aromatic carbocycles. The molecule has 1 aromatic rings. The molecule has 6 heteroatoms. The average molecular weight is 295 g/mol. The van der Waals surface area contributed by atoms with Crippen molar-refractivity contribution in [1.82, 2.24) is 0 Å². The predicted octanol–water partition coefficient (Wildman–Crippen LogP) is 3.76. The first kappa shape index (κ1) is 17.4. The first-order valence-corrected chi connectivity index (χ1v) is 7.50. The minimum absolute atomic E-state index is 0.0483. The monoisotopic (exact) mass is 295 g/mol. The number of nitro benzene ring substituents is 1. The van der Waals surface area contributed by atoms with Crippen molar-refractivity contribution in [2.75, 3.05) is 12.0 Å². The Hall–Kier alpha value is -1.66. The van der Waals surface area contributed by atoms with Crippen LogP contribution in [0.1, 0.15) is 51.0 Å². The number of anilines is 1. The summed E-state index contributed by atoms with van der Waals surface area (Å²) in [7, 11) is 0. The molecule has 21 heavy (non-hydrogen) atoms. The van der Waals surface area contributed by atoms with Crippen molar-refractivity contribution < 1.29 is 9.66 Å². The van der Waals surface area contributed by atoms with Gasteiger partial charge in [-0.25, -0.2) is 0 Å². The maximum atomic E-state index is 10.8. The Morgan fingerprint density at radius 2 is 1.95 bits per heavy atom. The fourth-order valence-corrected chi connectivity index (χ4v) is 2.12. The van der Waals surface area contributed by atoms with Gasteiger partial charge in [0, 0.05) is 24.3 Å². The number of nitrogen functional groups attached to an aromatic ring is 1. The molecule has 0 unspecified atom stereocenters. The lowest BCUT2D eigenvalue weighted by atomic mass is 10.1. The van der Waals surface area contributed by atoms with Crippen molar-refractivity contribution in [1.29, 1.82) is 0 Å². The molecule has 0 amide bonds. The van der Waals surface area contributed by atoms with E-state index >= 15 is 0 Å². The lowest BCUT2D eigenvalue weighted by molar-refractivity contribution is -0.384. The van der Waals surface area contributed by atoms with Crippen molar-refractivity contribution in [2.45, 2.75) is 52.1 Å². The molecule has 118 valence electrons. The number of hydrogen-bond donors (Lipinski definition) is 2. The second kappa shape index (κ2) is 10.1. The van der Waals surface area contributed by atoms with Crippen molar-refractivity contribution in [3.05, 3.63) is 33.9 Å². The standard InChI is InChI=1S/C15H25N3O3/c1-2-3-4-5-6-7-10-21-12-13-11-14(18(19)20)8-9-15(13)17-16/h8-9,11,17H,2-7,10,12,16H2,1H3. The molecule has 0 saturated heterocycles. The maximum absolute atomic E-state index is 10.8. The van der Waals surface area contributed by atoms with E-state index in [0.717, 1.165) is 12.8 Å². The SMILES string of the molecule is CCCCCCCCOCc1cc([N+](=O)[O-])ccc1NN. The second-order valence-corrected chi connectivity index (χ2v) is 5.06. The summed E-state index contributed by atoms with van der Waals surface area (Å²) in [5.41, 5.74) is 3.94. The third-order valence-electron chi connectivity index (χ3n) is 3.35. The number of nitrogens with zero attached hydrogens (tertiary/aromatic N) is 1. The zero-order valence-corrected chi connectivity index (χ0v) is 12.6. The van der Waals surface area contributed by atoms with Gasteiger partial charge in [-0.15, -0.1) is 0 Å². The summed E-state index contributed by atoms with van der Waals surface area (Å²) in [5.74, 6) is 5.40. The fraction of sp³-hybridized carbons (Fsp3) is 0.600. The smallest absolute Gasteiger partial charge is 0.269 e. The number of nitrogens with one attached hydrogen (secondary N) is 1. The molecule has 0 aromatic heterocycles. The lowest BCUT2D eigenvalue weighted by Gasteiger charge is -2.09. The van der Waals surface area contributed by atoms with Gasteiger partial charge in [-0.1, -0.05) is 39.0 Å². The van der Waals surface area contributed by atoms with E-state index in [9.17, 15) is 10.1 Å². The Morgan fingerprint density at radius 3 is 2.62 bits per heavy atom. The molecule has 0 atom stereocenters. The summed E-state index contributed by atoms with van der Waals surface area (Å²) in [6.45, 7) is 3.19. The third kappa shape index (κ3) is 6.55. The van der Waals surface area contributed by atoms with E-state index in [0.29, 0.717) is 24.5 Å². The Bertz CT molecular complexity index is 438. The highest BCUT2D eigenvalue weighted by Gasteiger charge is 2.10. The first-order chi connectivity index (χ1) is 10.2. The van der Waals surface area contributed by atoms with E-state index in [1.807, 2.05) is 0 Å². The van der Waals surface area contributed by atoms with E-state index in [1.165, 1.54) is 37.8 Å². The van der Waals surface area contributed by atoms with Crippen LogP contribution in [0.15, 0.2) is 18.2 Å². The number of unbranched alkanes of at least 4 members (excludes halogenated alkanes) is 5. The van der Waals surface area contributed by atoms with Crippen molar-refractivity contribution in [2.24, 2.45) is 5.84 Å². The molecule has 0 saturated carbocycles. The van der Waals surface area contributed by atoms with Crippen LogP contribution in [0.5, 0.6) is 0 Å². The summed E-state index contributed by atoms with van der Waals surface area (Å²) in [6, 6.07) is 4.52. The number of nitro groups is 1. The largest absolute Gasteiger partial charge is 0.377 e. The zero-order chi connectivity index (χ0) is 15.5. The number of rotatable bonds is 11. The molecule has 0 radical (unpaired) electrons. The first-order valence-electron chi connectivity index (χ1n) is 7.50. The molecule has 3 N–H and O–H groups in total. The molecule has 0 aliphatic heterocycles. The minimum atomic E-state index is -0.419. The van der Waals surface area contributed by atoms with E-state index in [1.54, 1.807) is 6.07 Å². The van der Waals surface area contributed by atoms with Gasteiger partial charge in [-0.3, -0.25) is 16.0 Å². The predicted molar refractivity (Wildman–Crippen MR) is 83.9 cm³/mol. The van der Waals surface area contributed by atoms with Crippen LogP contribution in [0.4, 0.5) is 11.4 Å². The Balaban J connectivity index is 2.33. The Labute approximate surface area is 125 Å². The van der Waals surface area contributed by atoms with Crippen LogP contribution >= 0.6 is 0 Å². The van der Waals surface area contributed by atoms with E-state index in [2.05, 4.69) is 12.3 Å². The van der Waals surface area contributed by atoms with Gasteiger partial charge in [0.25, 0.3) is 5.69 Å². The van der Waals surface area contributed by atoms with Crippen LogP contribution in [0.2, 0.25) is 0 Å².